The second kappa shape index (κ2) is 5.86. The number of para-hydroxylation sites is 1. The fraction of sp³-hybridized carbons (Fsp3) is 0.0769. The van der Waals surface area contributed by atoms with Crippen LogP contribution in [0.25, 0.3) is 0 Å². The smallest absolute Gasteiger partial charge is 0.337 e. The topological polar surface area (TPSA) is 61.7 Å². The number of hydrogen-bond donors (Lipinski definition) is 2. The highest BCUT2D eigenvalue weighted by Crippen LogP contribution is 2.22. The highest BCUT2D eigenvalue weighted by molar-refractivity contribution is 7.18. The molecule has 0 unspecified atom stereocenters. The van der Waals surface area contributed by atoms with Gasteiger partial charge >= 0.3 is 5.97 Å². The van der Waals surface area contributed by atoms with Crippen LogP contribution in [0.3, 0.4) is 0 Å². The second-order valence-corrected chi connectivity index (χ2v) is 5.48. The van der Waals surface area contributed by atoms with Crippen molar-refractivity contribution in [2.75, 3.05) is 5.43 Å². The lowest BCUT2D eigenvalue weighted by molar-refractivity contribution is 0.0698. The van der Waals surface area contributed by atoms with Gasteiger partial charge in [0.05, 0.1) is 26.2 Å². The van der Waals surface area contributed by atoms with Crippen LogP contribution in [0.5, 0.6) is 0 Å². The molecule has 2 rings (SSSR count). The zero-order valence-corrected chi connectivity index (χ0v) is 11.6. The normalized spacial score (nSPS) is 11.4. The first-order chi connectivity index (χ1) is 9.08. The van der Waals surface area contributed by atoms with Gasteiger partial charge in [-0.25, -0.2) is 4.79 Å². The van der Waals surface area contributed by atoms with Crippen LogP contribution in [0, 0.1) is 0 Å². The van der Waals surface area contributed by atoms with Crippen LogP contribution in [0.2, 0.25) is 4.34 Å². The second-order valence-electron chi connectivity index (χ2n) is 3.76. The largest absolute Gasteiger partial charge is 0.478 e. The first-order valence-electron chi connectivity index (χ1n) is 5.46. The molecule has 0 amide bonds. The van der Waals surface area contributed by atoms with Gasteiger partial charge in [0.2, 0.25) is 0 Å². The van der Waals surface area contributed by atoms with Crippen molar-refractivity contribution in [1.29, 1.82) is 0 Å². The fourth-order valence-electron chi connectivity index (χ4n) is 1.48. The van der Waals surface area contributed by atoms with E-state index in [4.69, 9.17) is 16.7 Å². The molecule has 4 nitrogen and oxygen atoms in total. The zero-order chi connectivity index (χ0) is 13.8. The summed E-state index contributed by atoms with van der Waals surface area (Å²) in [6.07, 6.45) is 0. The Morgan fingerprint density at radius 1 is 1.32 bits per heavy atom. The van der Waals surface area contributed by atoms with Crippen molar-refractivity contribution >= 4 is 40.3 Å². The molecule has 0 fully saturated rings. The SMILES string of the molecule is C/C(=N/Nc1ccccc1C(=O)O)c1ccc(Cl)s1. The molecular weight excluding hydrogens is 284 g/mol. The van der Waals surface area contributed by atoms with E-state index in [0.29, 0.717) is 10.0 Å². The van der Waals surface area contributed by atoms with E-state index in [2.05, 4.69) is 10.5 Å². The number of carboxylic acid groups (broad SMARTS) is 1. The van der Waals surface area contributed by atoms with Crippen molar-refractivity contribution in [2.24, 2.45) is 5.10 Å². The van der Waals surface area contributed by atoms with Gasteiger partial charge in [0, 0.05) is 0 Å². The molecule has 0 radical (unpaired) electrons. The number of nitrogens with one attached hydrogen (secondary N) is 1. The number of anilines is 1. The Hall–Kier alpha value is -1.85. The van der Waals surface area contributed by atoms with Crippen molar-refractivity contribution < 1.29 is 9.90 Å². The zero-order valence-electron chi connectivity index (χ0n) is 10.1. The summed E-state index contributed by atoms with van der Waals surface area (Å²) in [7, 11) is 0. The third-order valence-corrected chi connectivity index (χ3v) is 3.77. The lowest BCUT2D eigenvalue weighted by atomic mass is 10.2. The van der Waals surface area contributed by atoms with Gasteiger partial charge in [-0.2, -0.15) is 5.10 Å². The Kier molecular flexibility index (Phi) is 4.19. The summed E-state index contributed by atoms with van der Waals surface area (Å²) in [4.78, 5) is 12.0. The predicted molar refractivity (Wildman–Crippen MR) is 78.6 cm³/mol. The Balaban J connectivity index is 2.20. The molecule has 1 aromatic heterocycles. The Bertz CT molecular complexity index is 637. The van der Waals surface area contributed by atoms with E-state index in [0.717, 1.165) is 10.6 Å². The number of aromatic carboxylic acids is 1. The van der Waals surface area contributed by atoms with E-state index >= 15 is 0 Å². The molecule has 0 saturated carbocycles. The van der Waals surface area contributed by atoms with Crippen molar-refractivity contribution in [3.8, 4) is 0 Å². The molecule has 2 aromatic rings. The number of rotatable bonds is 4. The molecule has 1 aromatic carbocycles. The number of carboxylic acids is 1. The molecule has 6 heteroatoms. The number of benzene rings is 1. The van der Waals surface area contributed by atoms with Gasteiger partial charge in [0.25, 0.3) is 0 Å². The third-order valence-electron chi connectivity index (χ3n) is 2.43. The molecule has 0 saturated heterocycles. The van der Waals surface area contributed by atoms with Crippen LogP contribution in [0.15, 0.2) is 41.5 Å². The van der Waals surface area contributed by atoms with E-state index < -0.39 is 5.97 Å². The van der Waals surface area contributed by atoms with Crippen LogP contribution < -0.4 is 5.43 Å². The van der Waals surface area contributed by atoms with Crippen LogP contribution in [0.4, 0.5) is 5.69 Å². The van der Waals surface area contributed by atoms with E-state index in [1.165, 1.54) is 17.4 Å². The van der Waals surface area contributed by atoms with Crippen molar-refractivity contribution in [3.05, 3.63) is 51.2 Å². The predicted octanol–water partition coefficient (Wildman–Crippen LogP) is 3.94. The van der Waals surface area contributed by atoms with Gasteiger partial charge in [0.1, 0.15) is 0 Å². The molecule has 0 aliphatic heterocycles. The van der Waals surface area contributed by atoms with Crippen LogP contribution in [-0.2, 0) is 0 Å². The lowest BCUT2D eigenvalue weighted by Gasteiger charge is -2.05. The third kappa shape index (κ3) is 3.33. The number of hydrazone groups is 1. The van der Waals surface area contributed by atoms with Gasteiger partial charge in [-0.05, 0) is 31.2 Å². The highest BCUT2D eigenvalue weighted by atomic mass is 35.5. The van der Waals surface area contributed by atoms with Crippen LogP contribution >= 0.6 is 22.9 Å². The molecule has 0 spiro atoms. The van der Waals surface area contributed by atoms with Gasteiger partial charge in [0.15, 0.2) is 0 Å². The maximum absolute atomic E-state index is 11.0. The van der Waals surface area contributed by atoms with Crippen LogP contribution in [-0.4, -0.2) is 16.8 Å². The minimum absolute atomic E-state index is 0.184. The quantitative estimate of drug-likeness (QED) is 0.663. The van der Waals surface area contributed by atoms with Gasteiger partial charge in [-0.1, -0.05) is 23.7 Å². The Morgan fingerprint density at radius 3 is 2.68 bits per heavy atom. The van der Waals surface area contributed by atoms with Gasteiger partial charge in [-0.15, -0.1) is 11.3 Å². The summed E-state index contributed by atoms with van der Waals surface area (Å²) in [6, 6.07) is 10.3. The molecule has 1 heterocycles. The summed E-state index contributed by atoms with van der Waals surface area (Å²) in [5.41, 5.74) is 4.16. The molecule has 19 heavy (non-hydrogen) atoms. The molecule has 0 bridgehead atoms. The summed E-state index contributed by atoms with van der Waals surface area (Å²) in [5.74, 6) is -0.991. The maximum Gasteiger partial charge on any atom is 0.337 e. The number of thiophene rings is 1. The van der Waals surface area contributed by atoms with E-state index in [1.807, 2.05) is 13.0 Å². The van der Waals surface area contributed by atoms with Gasteiger partial charge in [-0.3, -0.25) is 5.43 Å². The minimum Gasteiger partial charge on any atom is -0.478 e. The summed E-state index contributed by atoms with van der Waals surface area (Å²) in [5, 5.41) is 13.2. The number of halogens is 1. The molecular formula is C13H11ClN2O2S. The van der Waals surface area contributed by atoms with Gasteiger partial charge < -0.3 is 5.11 Å². The molecule has 2 N–H and O–H groups in total. The molecule has 0 atom stereocenters. The lowest BCUT2D eigenvalue weighted by Crippen LogP contribution is -2.04. The minimum atomic E-state index is -0.991. The van der Waals surface area contributed by atoms with Crippen molar-refractivity contribution in [3.63, 3.8) is 0 Å². The molecule has 98 valence electrons. The fourth-order valence-corrected chi connectivity index (χ4v) is 2.46. The Morgan fingerprint density at radius 2 is 2.05 bits per heavy atom. The molecule has 0 aliphatic carbocycles. The van der Waals surface area contributed by atoms with E-state index in [9.17, 15) is 4.79 Å². The first kappa shape index (κ1) is 13.6. The maximum atomic E-state index is 11.0. The Labute approximate surface area is 119 Å². The highest BCUT2D eigenvalue weighted by Gasteiger charge is 2.08. The summed E-state index contributed by atoms with van der Waals surface area (Å²) >= 11 is 7.27. The number of carbonyl (C=O) groups is 1. The summed E-state index contributed by atoms with van der Waals surface area (Å²) < 4.78 is 0.690. The number of hydrogen-bond acceptors (Lipinski definition) is 4. The summed E-state index contributed by atoms with van der Waals surface area (Å²) in [6.45, 7) is 1.83. The van der Waals surface area contributed by atoms with Crippen LogP contribution in [0.1, 0.15) is 22.2 Å². The van der Waals surface area contributed by atoms with Crippen molar-refractivity contribution in [1.82, 2.24) is 0 Å². The average molecular weight is 295 g/mol. The monoisotopic (exact) mass is 294 g/mol. The standard InChI is InChI=1S/C13H11ClN2O2S/c1-8(11-6-7-12(14)19-11)15-16-10-5-3-2-4-9(10)13(17)18/h2-7,16H,1H3,(H,17,18)/b15-8-. The molecule has 0 aliphatic rings. The van der Waals surface area contributed by atoms with Crippen molar-refractivity contribution in [2.45, 2.75) is 6.92 Å². The van der Waals surface area contributed by atoms with E-state index in [-0.39, 0.29) is 5.56 Å². The first-order valence-corrected chi connectivity index (χ1v) is 6.65. The van der Waals surface area contributed by atoms with E-state index in [1.54, 1.807) is 24.3 Å². The average Bonchev–Trinajstić information content (AvgIpc) is 2.83. The number of nitrogens with zero attached hydrogens (tertiary/aromatic N) is 1.